The summed E-state index contributed by atoms with van der Waals surface area (Å²) < 4.78 is 0. The zero-order valence-electron chi connectivity index (χ0n) is 9.88. The van der Waals surface area contributed by atoms with Gasteiger partial charge >= 0.3 is 0 Å². The van der Waals surface area contributed by atoms with E-state index in [1.54, 1.807) is 42.5 Å². The Hall–Kier alpha value is -2.86. The van der Waals surface area contributed by atoms with E-state index >= 15 is 0 Å². The highest BCUT2D eigenvalue weighted by Gasteiger charge is 2.36. The second-order valence-electron chi connectivity index (χ2n) is 4.11. The molecule has 0 bridgehead atoms. The Labute approximate surface area is 110 Å². The largest absolute Gasteiger partial charge is 0.268 e. The number of fused-ring (bicyclic) bond motifs is 1. The van der Waals surface area contributed by atoms with Gasteiger partial charge in [-0.2, -0.15) is 0 Å². The van der Waals surface area contributed by atoms with E-state index in [1.807, 2.05) is 0 Å². The van der Waals surface area contributed by atoms with Gasteiger partial charge < -0.3 is 0 Å². The summed E-state index contributed by atoms with van der Waals surface area (Å²) in [4.78, 5) is 25.7. The van der Waals surface area contributed by atoms with Crippen LogP contribution in [0, 0.1) is 18.4 Å². The summed E-state index contributed by atoms with van der Waals surface area (Å²) in [6, 6.07) is 14.3. The molecule has 1 radical (unpaired) electrons. The highest BCUT2D eigenvalue weighted by atomic mass is 16.2. The summed E-state index contributed by atoms with van der Waals surface area (Å²) in [6.07, 6.45) is 5.31. The average Bonchev–Trinajstić information content (AvgIpc) is 2.71. The van der Waals surface area contributed by atoms with E-state index in [-0.39, 0.29) is 11.8 Å². The minimum Gasteiger partial charge on any atom is -0.268 e. The molecular formula is C16H8NO2. The molecule has 0 aromatic heterocycles. The van der Waals surface area contributed by atoms with Gasteiger partial charge in [0, 0.05) is 5.56 Å². The van der Waals surface area contributed by atoms with E-state index in [0.29, 0.717) is 22.4 Å². The Bertz CT molecular complexity index is 726. The van der Waals surface area contributed by atoms with Gasteiger partial charge in [-0.05, 0) is 36.4 Å². The Morgan fingerprint density at radius 3 is 2.37 bits per heavy atom. The van der Waals surface area contributed by atoms with E-state index in [1.165, 1.54) is 0 Å². The summed E-state index contributed by atoms with van der Waals surface area (Å²) in [6.45, 7) is 0. The van der Waals surface area contributed by atoms with Gasteiger partial charge in [0.15, 0.2) is 0 Å². The standard InChI is InChI=1S/C16H8NO2/c1-2-11-8-9-13-14(10-11)16(19)17(15(13)18)12-6-4-3-5-7-12/h1,4-10H. The van der Waals surface area contributed by atoms with E-state index < -0.39 is 0 Å². The molecule has 0 unspecified atom stereocenters. The van der Waals surface area contributed by atoms with Crippen LogP contribution in [0.3, 0.4) is 0 Å². The van der Waals surface area contributed by atoms with Gasteiger partial charge in [0.1, 0.15) is 0 Å². The van der Waals surface area contributed by atoms with Gasteiger partial charge in [-0.25, -0.2) is 4.90 Å². The maximum Gasteiger partial charge on any atom is 0.266 e. The second kappa shape index (κ2) is 4.11. The lowest BCUT2D eigenvalue weighted by molar-refractivity contribution is 0.0926. The van der Waals surface area contributed by atoms with Crippen LogP contribution in [-0.4, -0.2) is 11.8 Å². The monoisotopic (exact) mass is 246 g/mol. The zero-order valence-corrected chi connectivity index (χ0v) is 9.88. The number of rotatable bonds is 1. The number of hydrogen-bond donors (Lipinski definition) is 0. The molecule has 1 aliphatic heterocycles. The first-order chi connectivity index (χ1) is 9.22. The molecule has 0 atom stereocenters. The minimum absolute atomic E-state index is 0.324. The van der Waals surface area contributed by atoms with Crippen LogP contribution in [0.25, 0.3) is 0 Å². The lowest BCUT2D eigenvalue weighted by Crippen LogP contribution is -2.29. The molecule has 0 aliphatic carbocycles. The van der Waals surface area contributed by atoms with Gasteiger partial charge in [-0.1, -0.05) is 18.1 Å². The topological polar surface area (TPSA) is 37.4 Å². The summed E-state index contributed by atoms with van der Waals surface area (Å²) in [5.41, 5.74) is 1.86. The number of carbonyl (C=O) groups excluding carboxylic acids is 2. The van der Waals surface area contributed by atoms with Crippen molar-refractivity contribution in [2.75, 3.05) is 4.90 Å². The Morgan fingerprint density at radius 1 is 1.00 bits per heavy atom. The molecule has 89 valence electrons. The molecule has 0 N–H and O–H groups in total. The number of benzene rings is 2. The lowest BCUT2D eigenvalue weighted by Gasteiger charge is -2.12. The fourth-order valence-electron chi connectivity index (χ4n) is 2.09. The predicted molar refractivity (Wildman–Crippen MR) is 70.8 cm³/mol. The van der Waals surface area contributed by atoms with Crippen LogP contribution in [0.1, 0.15) is 26.3 Å². The molecule has 0 saturated heterocycles. The van der Waals surface area contributed by atoms with Crippen LogP contribution in [0.2, 0.25) is 0 Å². The summed E-state index contributed by atoms with van der Waals surface area (Å²) in [5.74, 6) is 1.79. The van der Waals surface area contributed by atoms with Crippen LogP contribution in [-0.2, 0) is 0 Å². The van der Waals surface area contributed by atoms with E-state index in [9.17, 15) is 9.59 Å². The van der Waals surface area contributed by atoms with Gasteiger partial charge in [0.2, 0.25) is 0 Å². The summed E-state index contributed by atoms with van der Waals surface area (Å²) in [5, 5.41) is 0. The van der Waals surface area contributed by atoms with Crippen LogP contribution < -0.4 is 4.90 Å². The van der Waals surface area contributed by atoms with E-state index in [0.717, 1.165) is 4.90 Å². The highest BCUT2D eigenvalue weighted by molar-refractivity contribution is 6.34. The third-order valence-electron chi connectivity index (χ3n) is 3.01. The third kappa shape index (κ3) is 1.62. The molecule has 0 spiro atoms. The molecule has 3 heteroatoms. The van der Waals surface area contributed by atoms with Crippen molar-refractivity contribution < 1.29 is 9.59 Å². The van der Waals surface area contributed by atoms with Crippen molar-refractivity contribution in [3.8, 4) is 12.3 Å². The Morgan fingerprint density at radius 2 is 1.68 bits per heavy atom. The smallest absolute Gasteiger partial charge is 0.266 e. The zero-order chi connectivity index (χ0) is 13.4. The number of imide groups is 1. The maximum atomic E-state index is 12.3. The van der Waals surface area contributed by atoms with Crippen molar-refractivity contribution in [2.24, 2.45) is 0 Å². The first-order valence-electron chi connectivity index (χ1n) is 5.68. The number of hydrogen-bond acceptors (Lipinski definition) is 2. The fraction of sp³-hybridized carbons (Fsp3) is 0. The third-order valence-corrected chi connectivity index (χ3v) is 3.01. The van der Waals surface area contributed by atoms with E-state index in [4.69, 9.17) is 6.42 Å². The first-order valence-corrected chi connectivity index (χ1v) is 5.68. The summed E-state index contributed by atoms with van der Waals surface area (Å²) >= 11 is 0. The van der Waals surface area contributed by atoms with Gasteiger partial charge in [-0.3, -0.25) is 9.59 Å². The molecule has 2 aromatic carbocycles. The molecule has 0 saturated carbocycles. The van der Waals surface area contributed by atoms with Gasteiger partial charge in [0.05, 0.1) is 16.8 Å². The van der Waals surface area contributed by atoms with Crippen LogP contribution >= 0.6 is 0 Å². The Balaban J connectivity index is 2.13. The number of terminal acetylenes is 1. The van der Waals surface area contributed by atoms with Crippen LogP contribution in [0.5, 0.6) is 0 Å². The predicted octanol–water partition coefficient (Wildman–Crippen LogP) is 2.27. The molecule has 1 aliphatic rings. The van der Waals surface area contributed by atoms with Crippen molar-refractivity contribution in [3.63, 3.8) is 0 Å². The first kappa shape index (κ1) is 11.2. The molecule has 2 amide bonds. The normalized spacial score (nSPS) is 13.3. The number of carbonyl (C=O) groups is 2. The summed E-state index contributed by atoms with van der Waals surface area (Å²) in [7, 11) is 0. The highest BCUT2D eigenvalue weighted by Crippen LogP contribution is 2.28. The van der Waals surface area contributed by atoms with Crippen LogP contribution in [0.4, 0.5) is 5.69 Å². The van der Waals surface area contributed by atoms with E-state index in [2.05, 4.69) is 12.0 Å². The molecule has 3 nitrogen and oxygen atoms in total. The SMILES string of the molecule is C#Cc1ccc2c(c1)C(=O)N(c1cc[c]cc1)C2=O. The maximum absolute atomic E-state index is 12.3. The van der Waals surface area contributed by atoms with Crippen LogP contribution in [0.15, 0.2) is 42.5 Å². The fourth-order valence-corrected chi connectivity index (χ4v) is 2.09. The van der Waals surface area contributed by atoms with Crippen molar-refractivity contribution in [1.29, 1.82) is 0 Å². The van der Waals surface area contributed by atoms with Gasteiger partial charge in [0.25, 0.3) is 11.8 Å². The Kier molecular flexibility index (Phi) is 2.43. The molecular weight excluding hydrogens is 238 g/mol. The average molecular weight is 246 g/mol. The number of anilines is 1. The van der Waals surface area contributed by atoms with Crippen molar-refractivity contribution in [3.05, 3.63) is 65.2 Å². The number of nitrogens with zero attached hydrogens (tertiary/aromatic N) is 1. The van der Waals surface area contributed by atoms with Crippen molar-refractivity contribution in [1.82, 2.24) is 0 Å². The van der Waals surface area contributed by atoms with Crippen molar-refractivity contribution in [2.45, 2.75) is 0 Å². The molecule has 1 heterocycles. The number of amides is 2. The second-order valence-corrected chi connectivity index (χ2v) is 4.11. The lowest BCUT2D eigenvalue weighted by atomic mass is 10.1. The molecule has 2 aromatic rings. The molecule has 19 heavy (non-hydrogen) atoms. The minimum atomic E-state index is -0.344. The molecule has 3 rings (SSSR count). The molecule has 0 fully saturated rings. The van der Waals surface area contributed by atoms with Crippen molar-refractivity contribution >= 4 is 17.5 Å². The quantitative estimate of drug-likeness (QED) is 0.571. The van der Waals surface area contributed by atoms with Gasteiger partial charge in [-0.15, -0.1) is 6.42 Å².